The predicted molar refractivity (Wildman–Crippen MR) is 150 cm³/mol. The van der Waals surface area contributed by atoms with Gasteiger partial charge in [-0.25, -0.2) is 0 Å². The molecular weight excluding hydrogens is 524 g/mol. The van der Waals surface area contributed by atoms with Crippen LogP contribution in [-0.2, 0) is 26.6 Å². The van der Waals surface area contributed by atoms with Crippen LogP contribution in [0.15, 0.2) is 77.4 Å². The van der Waals surface area contributed by atoms with Crippen LogP contribution in [0.3, 0.4) is 0 Å². The van der Waals surface area contributed by atoms with Crippen molar-refractivity contribution in [2.24, 2.45) is 5.92 Å². The highest BCUT2D eigenvalue weighted by Crippen LogP contribution is 2.26. The minimum atomic E-state index is -0.967. The second-order valence-electron chi connectivity index (χ2n) is 9.30. The summed E-state index contributed by atoms with van der Waals surface area (Å²) in [7, 11) is 0. The van der Waals surface area contributed by atoms with Crippen molar-refractivity contribution in [3.05, 3.63) is 89.3 Å². The van der Waals surface area contributed by atoms with Crippen LogP contribution in [0.4, 0.5) is 0 Å². The van der Waals surface area contributed by atoms with E-state index in [9.17, 15) is 14.4 Å². The third-order valence-corrected chi connectivity index (χ3v) is 6.97. The summed E-state index contributed by atoms with van der Waals surface area (Å²) in [6.45, 7) is 5.23. The van der Waals surface area contributed by atoms with E-state index < -0.39 is 23.9 Å². The summed E-state index contributed by atoms with van der Waals surface area (Å²) in [5.41, 5.74) is 0.915. The third-order valence-electron chi connectivity index (χ3n) is 5.68. The Labute approximate surface area is 232 Å². The van der Waals surface area contributed by atoms with E-state index in [4.69, 9.17) is 20.9 Å². The van der Waals surface area contributed by atoms with Crippen LogP contribution in [0.2, 0.25) is 5.02 Å². The Bertz CT molecular complexity index is 1190. The van der Waals surface area contributed by atoms with E-state index in [1.165, 1.54) is 18.7 Å². The fourth-order valence-corrected chi connectivity index (χ4v) is 4.88. The number of para-hydroxylation sites is 1. The zero-order valence-electron chi connectivity index (χ0n) is 21.8. The molecule has 0 saturated heterocycles. The van der Waals surface area contributed by atoms with Gasteiger partial charge in [-0.3, -0.25) is 14.4 Å². The van der Waals surface area contributed by atoms with Gasteiger partial charge in [-0.05, 0) is 48.6 Å². The molecule has 1 heterocycles. The standard InChI is InChI=1S/C29H33ClN2O5S/c1-20(2)16-26(32(21(3)33)37-28-14-8-7-13-24(28)30)29(35)31-25(17-22-10-5-4-6-11-22)27(34)19-38-18-23-12-9-15-36-23/h4-15,20,25-26H,16-19H2,1-3H3,(H,31,35)/t25-,26-/m0/s1. The number of halogens is 1. The molecule has 0 radical (unpaired) electrons. The largest absolute Gasteiger partial charge is 0.468 e. The zero-order valence-corrected chi connectivity index (χ0v) is 23.3. The number of nitrogens with one attached hydrogen (secondary N) is 1. The first-order valence-electron chi connectivity index (χ1n) is 12.4. The maximum atomic E-state index is 13.7. The lowest BCUT2D eigenvalue weighted by atomic mass is 10.00. The molecule has 0 bridgehead atoms. The third kappa shape index (κ3) is 8.96. The van der Waals surface area contributed by atoms with Crippen molar-refractivity contribution in [3.63, 3.8) is 0 Å². The number of benzene rings is 2. The van der Waals surface area contributed by atoms with E-state index in [1.807, 2.05) is 50.2 Å². The molecule has 0 spiro atoms. The fourth-order valence-electron chi connectivity index (χ4n) is 3.84. The average Bonchev–Trinajstić information content (AvgIpc) is 3.40. The van der Waals surface area contributed by atoms with E-state index in [-0.39, 0.29) is 23.2 Å². The van der Waals surface area contributed by atoms with Gasteiger partial charge in [-0.2, -0.15) is 5.06 Å². The number of hydroxylamine groups is 2. The molecule has 0 unspecified atom stereocenters. The zero-order chi connectivity index (χ0) is 27.5. The number of carbonyl (C=O) groups excluding carboxylic acids is 3. The highest BCUT2D eigenvalue weighted by atomic mass is 35.5. The molecular formula is C29H33ClN2O5S. The summed E-state index contributed by atoms with van der Waals surface area (Å²) in [6.07, 6.45) is 2.25. The molecule has 7 nitrogen and oxygen atoms in total. The van der Waals surface area contributed by atoms with Crippen molar-refractivity contribution in [1.29, 1.82) is 0 Å². The lowest BCUT2D eigenvalue weighted by Gasteiger charge is -2.31. The van der Waals surface area contributed by atoms with Gasteiger partial charge in [0.2, 0.25) is 5.91 Å². The Morgan fingerprint density at radius 3 is 2.37 bits per heavy atom. The van der Waals surface area contributed by atoms with Crippen LogP contribution in [0.1, 0.15) is 38.5 Å². The van der Waals surface area contributed by atoms with Crippen molar-refractivity contribution in [2.45, 2.75) is 51.4 Å². The van der Waals surface area contributed by atoms with Gasteiger partial charge in [-0.15, -0.1) is 11.8 Å². The minimum absolute atomic E-state index is 0.0644. The summed E-state index contributed by atoms with van der Waals surface area (Å²) >= 11 is 7.67. The number of ketones is 1. The van der Waals surface area contributed by atoms with E-state index in [2.05, 4.69) is 5.32 Å². The van der Waals surface area contributed by atoms with Gasteiger partial charge in [0.25, 0.3) is 5.91 Å². The number of Topliss-reactive ketones (excluding diaryl/α,β-unsaturated/α-hetero) is 1. The summed E-state index contributed by atoms with van der Waals surface area (Å²) in [6, 6.07) is 18.2. The first-order chi connectivity index (χ1) is 18.2. The van der Waals surface area contributed by atoms with E-state index in [0.717, 1.165) is 16.4 Å². The molecule has 2 atom stereocenters. The monoisotopic (exact) mass is 556 g/mol. The van der Waals surface area contributed by atoms with Crippen molar-refractivity contribution in [2.75, 3.05) is 5.75 Å². The number of hydrogen-bond donors (Lipinski definition) is 1. The molecule has 38 heavy (non-hydrogen) atoms. The van der Waals surface area contributed by atoms with Gasteiger partial charge < -0.3 is 14.6 Å². The molecule has 2 amide bonds. The Kier molecular flexibility index (Phi) is 11.3. The van der Waals surface area contributed by atoms with Gasteiger partial charge >= 0.3 is 0 Å². The molecule has 202 valence electrons. The number of hydrogen-bond acceptors (Lipinski definition) is 6. The maximum absolute atomic E-state index is 13.7. The quantitative estimate of drug-likeness (QED) is 0.255. The topological polar surface area (TPSA) is 88.9 Å². The Morgan fingerprint density at radius 1 is 1.03 bits per heavy atom. The molecule has 0 aliphatic rings. The lowest BCUT2D eigenvalue weighted by Crippen LogP contribution is -2.55. The highest BCUT2D eigenvalue weighted by Gasteiger charge is 2.34. The maximum Gasteiger partial charge on any atom is 0.252 e. The molecule has 0 fully saturated rings. The van der Waals surface area contributed by atoms with Crippen LogP contribution in [0, 0.1) is 5.92 Å². The van der Waals surface area contributed by atoms with Crippen molar-refractivity contribution in [3.8, 4) is 5.75 Å². The van der Waals surface area contributed by atoms with Crippen LogP contribution in [0.25, 0.3) is 0 Å². The second-order valence-corrected chi connectivity index (χ2v) is 10.7. The van der Waals surface area contributed by atoms with Crippen LogP contribution in [-0.4, -0.2) is 40.5 Å². The number of amides is 2. The molecule has 9 heteroatoms. The minimum Gasteiger partial charge on any atom is -0.468 e. The van der Waals surface area contributed by atoms with E-state index in [1.54, 1.807) is 36.6 Å². The summed E-state index contributed by atoms with van der Waals surface area (Å²) in [5, 5.41) is 4.28. The smallest absolute Gasteiger partial charge is 0.252 e. The molecule has 2 aromatic carbocycles. The molecule has 1 aromatic heterocycles. The fraction of sp³-hybridized carbons (Fsp3) is 0.345. The molecule has 0 aliphatic heterocycles. The molecule has 0 saturated carbocycles. The number of nitrogens with zero attached hydrogens (tertiary/aromatic N) is 1. The van der Waals surface area contributed by atoms with Crippen molar-refractivity contribution >= 4 is 41.0 Å². The molecule has 3 rings (SSSR count). The lowest BCUT2D eigenvalue weighted by molar-refractivity contribution is -0.170. The first-order valence-corrected chi connectivity index (χ1v) is 14.0. The Hall–Kier alpha value is -3.23. The number of carbonyl (C=O) groups is 3. The predicted octanol–water partition coefficient (Wildman–Crippen LogP) is 5.72. The summed E-state index contributed by atoms with van der Waals surface area (Å²) in [5.74, 6) is 0.800. The number of rotatable bonds is 14. The number of thioether (sulfide) groups is 1. The number of furan rings is 1. The normalized spacial score (nSPS) is 12.6. The Balaban J connectivity index is 1.80. The van der Waals surface area contributed by atoms with Crippen LogP contribution in [0.5, 0.6) is 5.75 Å². The van der Waals surface area contributed by atoms with Gasteiger partial charge in [0, 0.05) is 6.92 Å². The molecule has 1 N–H and O–H groups in total. The van der Waals surface area contributed by atoms with Gasteiger partial charge in [0.05, 0.1) is 28.8 Å². The molecule has 3 aromatic rings. The van der Waals surface area contributed by atoms with Crippen molar-refractivity contribution in [1.82, 2.24) is 10.4 Å². The van der Waals surface area contributed by atoms with Crippen molar-refractivity contribution < 1.29 is 23.6 Å². The average molecular weight is 557 g/mol. The van der Waals surface area contributed by atoms with Gasteiger partial charge in [-0.1, -0.05) is 67.9 Å². The summed E-state index contributed by atoms with van der Waals surface area (Å²) < 4.78 is 5.35. The Morgan fingerprint density at radius 2 is 1.74 bits per heavy atom. The SMILES string of the molecule is CC(=O)N(Oc1ccccc1Cl)[C@@H](CC(C)C)C(=O)N[C@@H](Cc1ccccc1)C(=O)CSCc1ccco1. The van der Waals surface area contributed by atoms with Crippen LogP contribution >= 0.6 is 23.4 Å². The summed E-state index contributed by atoms with van der Waals surface area (Å²) in [4.78, 5) is 45.5. The van der Waals surface area contributed by atoms with E-state index >= 15 is 0 Å². The highest BCUT2D eigenvalue weighted by molar-refractivity contribution is 7.99. The van der Waals surface area contributed by atoms with E-state index in [0.29, 0.717) is 23.6 Å². The second kappa shape index (κ2) is 14.6. The van der Waals surface area contributed by atoms with Crippen LogP contribution < -0.4 is 10.2 Å². The van der Waals surface area contributed by atoms with Gasteiger partial charge in [0.15, 0.2) is 11.5 Å². The van der Waals surface area contributed by atoms with Gasteiger partial charge in [0.1, 0.15) is 11.8 Å². The first kappa shape index (κ1) is 29.3. The molecule has 0 aliphatic carbocycles.